The molecule has 186 valence electrons. The van der Waals surface area contributed by atoms with Crippen LogP contribution < -0.4 is 10.6 Å². The van der Waals surface area contributed by atoms with E-state index in [9.17, 15) is 14.9 Å². The molecule has 1 amide bonds. The highest BCUT2D eigenvalue weighted by molar-refractivity contribution is 7.98. The SMILES string of the molecule is CC1=C(C(=O)Nc2ccccc2)C(c2ccccc2Cl)n2nc(SCc3ccc([N+](=O)[O-])cc3)nc2N1. The number of thioether (sulfide) groups is 1. The number of nitrogens with one attached hydrogen (secondary N) is 2. The highest BCUT2D eigenvalue weighted by atomic mass is 35.5. The predicted molar refractivity (Wildman–Crippen MR) is 144 cm³/mol. The minimum atomic E-state index is -0.602. The molecule has 0 spiro atoms. The maximum Gasteiger partial charge on any atom is 0.269 e. The van der Waals surface area contributed by atoms with Crippen LogP contribution in [0, 0.1) is 10.1 Å². The van der Waals surface area contributed by atoms with Gasteiger partial charge in [0.25, 0.3) is 11.6 Å². The van der Waals surface area contributed by atoms with E-state index in [1.54, 1.807) is 22.9 Å². The molecule has 2 N–H and O–H groups in total. The summed E-state index contributed by atoms with van der Waals surface area (Å²) in [4.78, 5) is 28.6. The second-order valence-electron chi connectivity index (χ2n) is 8.28. The molecule has 5 rings (SSSR count). The molecular weight excluding hydrogens is 512 g/mol. The van der Waals surface area contributed by atoms with Gasteiger partial charge in [-0.15, -0.1) is 5.10 Å². The summed E-state index contributed by atoms with van der Waals surface area (Å²) < 4.78 is 1.67. The van der Waals surface area contributed by atoms with Crippen LogP contribution in [-0.2, 0) is 10.5 Å². The zero-order chi connectivity index (χ0) is 25.9. The van der Waals surface area contributed by atoms with Gasteiger partial charge in [0.1, 0.15) is 6.04 Å². The average Bonchev–Trinajstić information content (AvgIpc) is 3.30. The molecule has 0 radical (unpaired) electrons. The number of amides is 1. The summed E-state index contributed by atoms with van der Waals surface area (Å²) in [5.41, 5.74) is 3.46. The van der Waals surface area contributed by atoms with E-state index in [0.29, 0.717) is 38.8 Å². The van der Waals surface area contributed by atoms with E-state index >= 15 is 0 Å². The number of carbonyl (C=O) groups is 1. The van der Waals surface area contributed by atoms with Crippen molar-refractivity contribution in [2.24, 2.45) is 0 Å². The molecule has 0 saturated heterocycles. The van der Waals surface area contributed by atoms with Gasteiger partial charge in [0, 0.05) is 39.9 Å². The molecule has 1 atom stereocenters. The Morgan fingerprint density at radius 1 is 1.11 bits per heavy atom. The molecular formula is C26H21ClN6O3S. The molecule has 0 aliphatic carbocycles. The average molecular weight is 533 g/mol. The number of nitro benzene ring substituents is 1. The molecule has 9 nitrogen and oxygen atoms in total. The number of para-hydroxylation sites is 1. The van der Waals surface area contributed by atoms with Crippen LogP contribution in [0.15, 0.2) is 95.3 Å². The van der Waals surface area contributed by atoms with Gasteiger partial charge in [-0.3, -0.25) is 14.9 Å². The van der Waals surface area contributed by atoms with Crippen LogP contribution in [0.1, 0.15) is 24.1 Å². The number of allylic oxidation sites excluding steroid dienone is 1. The Balaban J connectivity index is 1.46. The Bertz CT molecular complexity index is 1500. The number of benzene rings is 3. The zero-order valence-electron chi connectivity index (χ0n) is 19.6. The van der Waals surface area contributed by atoms with Gasteiger partial charge in [-0.25, -0.2) is 4.68 Å². The van der Waals surface area contributed by atoms with E-state index in [1.807, 2.05) is 55.5 Å². The molecule has 1 aliphatic rings. The number of aromatic nitrogens is 3. The molecule has 0 fully saturated rings. The Morgan fingerprint density at radius 2 is 1.81 bits per heavy atom. The lowest BCUT2D eigenvalue weighted by atomic mass is 9.95. The van der Waals surface area contributed by atoms with Crippen molar-refractivity contribution < 1.29 is 9.72 Å². The first-order valence-corrected chi connectivity index (χ1v) is 12.7. The molecule has 1 unspecified atom stereocenters. The Labute approximate surface area is 221 Å². The summed E-state index contributed by atoms with van der Waals surface area (Å²) >= 11 is 7.99. The highest BCUT2D eigenvalue weighted by Gasteiger charge is 2.35. The van der Waals surface area contributed by atoms with Gasteiger partial charge >= 0.3 is 0 Å². The first-order valence-electron chi connectivity index (χ1n) is 11.3. The largest absolute Gasteiger partial charge is 0.328 e. The summed E-state index contributed by atoms with van der Waals surface area (Å²) in [6.45, 7) is 1.83. The van der Waals surface area contributed by atoms with Crippen LogP contribution in [0.3, 0.4) is 0 Å². The van der Waals surface area contributed by atoms with Gasteiger partial charge in [-0.05, 0) is 30.7 Å². The fourth-order valence-corrected chi connectivity index (χ4v) is 5.08. The number of hydrogen-bond acceptors (Lipinski definition) is 7. The lowest BCUT2D eigenvalue weighted by Crippen LogP contribution is -2.31. The maximum atomic E-state index is 13.5. The summed E-state index contributed by atoms with van der Waals surface area (Å²) in [5.74, 6) is 0.735. The highest BCUT2D eigenvalue weighted by Crippen LogP contribution is 2.39. The second-order valence-corrected chi connectivity index (χ2v) is 9.63. The zero-order valence-corrected chi connectivity index (χ0v) is 21.2. The number of nitro groups is 1. The van der Waals surface area contributed by atoms with Gasteiger partial charge in [-0.1, -0.05) is 71.9 Å². The number of rotatable bonds is 7. The number of carbonyl (C=O) groups excluding carboxylic acids is 1. The number of fused-ring (bicyclic) bond motifs is 1. The summed E-state index contributed by atoms with van der Waals surface area (Å²) in [6.07, 6.45) is 0. The monoisotopic (exact) mass is 532 g/mol. The smallest absolute Gasteiger partial charge is 0.269 e. The minimum Gasteiger partial charge on any atom is -0.328 e. The molecule has 11 heteroatoms. The van der Waals surface area contributed by atoms with Gasteiger partial charge in [0.15, 0.2) is 0 Å². The van der Waals surface area contributed by atoms with Crippen molar-refractivity contribution in [3.63, 3.8) is 0 Å². The fraction of sp³-hybridized carbons (Fsp3) is 0.115. The van der Waals surface area contributed by atoms with E-state index in [1.165, 1.54) is 23.9 Å². The van der Waals surface area contributed by atoms with E-state index in [-0.39, 0.29) is 11.6 Å². The molecule has 0 saturated carbocycles. The molecule has 37 heavy (non-hydrogen) atoms. The molecule has 1 aliphatic heterocycles. The normalized spacial score (nSPS) is 14.6. The first-order chi connectivity index (χ1) is 17.9. The first kappa shape index (κ1) is 24.5. The summed E-state index contributed by atoms with van der Waals surface area (Å²) in [7, 11) is 0. The van der Waals surface area contributed by atoms with Crippen molar-refractivity contribution in [2.75, 3.05) is 10.6 Å². The number of nitrogens with zero attached hydrogens (tertiary/aromatic N) is 4. The van der Waals surface area contributed by atoms with E-state index < -0.39 is 11.0 Å². The van der Waals surface area contributed by atoms with Crippen LogP contribution in [0.5, 0.6) is 0 Å². The number of hydrogen-bond donors (Lipinski definition) is 2. The molecule has 3 aromatic carbocycles. The van der Waals surface area contributed by atoms with Crippen molar-refractivity contribution in [3.8, 4) is 0 Å². The minimum absolute atomic E-state index is 0.0407. The third kappa shape index (κ3) is 5.20. The van der Waals surface area contributed by atoms with Crippen molar-refractivity contribution in [1.29, 1.82) is 0 Å². The van der Waals surface area contributed by atoms with Crippen LogP contribution in [0.25, 0.3) is 0 Å². The van der Waals surface area contributed by atoms with Crippen molar-refractivity contribution >= 4 is 46.6 Å². The quantitative estimate of drug-likeness (QED) is 0.169. The van der Waals surface area contributed by atoms with E-state index in [0.717, 1.165) is 11.1 Å². The van der Waals surface area contributed by atoms with Crippen molar-refractivity contribution in [2.45, 2.75) is 23.9 Å². The molecule has 2 heterocycles. The lowest BCUT2D eigenvalue weighted by Gasteiger charge is -2.29. The topological polar surface area (TPSA) is 115 Å². The fourth-order valence-electron chi connectivity index (χ4n) is 4.05. The molecule has 1 aromatic heterocycles. The van der Waals surface area contributed by atoms with Crippen LogP contribution in [0.2, 0.25) is 5.02 Å². The third-order valence-electron chi connectivity index (χ3n) is 5.82. The lowest BCUT2D eigenvalue weighted by molar-refractivity contribution is -0.384. The Morgan fingerprint density at radius 3 is 2.51 bits per heavy atom. The Kier molecular flexibility index (Phi) is 6.93. The van der Waals surface area contributed by atoms with Crippen LogP contribution >= 0.6 is 23.4 Å². The standard InChI is InChI=1S/C26H21ClN6O3S/c1-16-22(24(34)29-18-7-3-2-4-8-18)23(20-9-5-6-10-21(20)27)32-25(28-16)30-26(31-32)37-15-17-11-13-19(14-12-17)33(35)36/h2-14,23H,15H2,1H3,(H,29,34)(H,28,30,31). The number of halogens is 1. The summed E-state index contributed by atoms with van der Waals surface area (Å²) in [5, 5.41) is 22.8. The van der Waals surface area contributed by atoms with Gasteiger partial charge in [-0.2, -0.15) is 4.98 Å². The van der Waals surface area contributed by atoms with Crippen LogP contribution in [0.4, 0.5) is 17.3 Å². The Hall–Kier alpha value is -4.15. The van der Waals surface area contributed by atoms with Crippen LogP contribution in [-0.4, -0.2) is 25.6 Å². The van der Waals surface area contributed by atoms with Gasteiger partial charge in [0.2, 0.25) is 11.1 Å². The third-order valence-corrected chi connectivity index (χ3v) is 7.08. The maximum absolute atomic E-state index is 13.5. The van der Waals surface area contributed by atoms with Crippen molar-refractivity contribution in [3.05, 3.63) is 116 Å². The van der Waals surface area contributed by atoms with Crippen molar-refractivity contribution in [1.82, 2.24) is 14.8 Å². The summed E-state index contributed by atoms with van der Waals surface area (Å²) in [6, 6.07) is 22.4. The number of non-ortho nitro benzene ring substituents is 1. The van der Waals surface area contributed by atoms with Gasteiger partial charge in [0.05, 0.1) is 10.5 Å². The predicted octanol–water partition coefficient (Wildman–Crippen LogP) is 6.06. The second kappa shape index (κ2) is 10.5. The molecule has 0 bridgehead atoms. The van der Waals surface area contributed by atoms with E-state index in [4.69, 9.17) is 16.7 Å². The van der Waals surface area contributed by atoms with Gasteiger partial charge < -0.3 is 10.6 Å². The van der Waals surface area contributed by atoms with E-state index in [2.05, 4.69) is 15.6 Å². The molecule has 4 aromatic rings. The number of anilines is 2.